The summed E-state index contributed by atoms with van der Waals surface area (Å²) >= 11 is 5.94. The van der Waals surface area contributed by atoms with Crippen LogP contribution < -0.4 is 0 Å². The second kappa shape index (κ2) is 4.50. The molecule has 3 rings (SSSR count). The van der Waals surface area contributed by atoms with Gasteiger partial charge in [0.15, 0.2) is 11.4 Å². The predicted octanol–water partition coefficient (Wildman–Crippen LogP) is 2.63. The third kappa shape index (κ3) is 1.85. The lowest BCUT2D eigenvalue weighted by Crippen LogP contribution is -2.12. The highest BCUT2D eigenvalue weighted by Gasteiger charge is 2.20. The van der Waals surface area contributed by atoms with Gasteiger partial charge in [0.1, 0.15) is 0 Å². The summed E-state index contributed by atoms with van der Waals surface area (Å²) in [5, 5.41) is 9.95. The van der Waals surface area contributed by atoms with Gasteiger partial charge in [0.25, 0.3) is 10.0 Å². The smallest absolute Gasteiger partial charge is 0.269 e. The molecule has 0 saturated heterocycles. The van der Waals surface area contributed by atoms with Crippen molar-refractivity contribution < 1.29 is 13.5 Å². The summed E-state index contributed by atoms with van der Waals surface area (Å²) in [4.78, 5) is 4.10. The largest absolute Gasteiger partial charge is 0.505 e. The van der Waals surface area contributed by atoms with Crippen LogP contribution in [0.4, 0.5) is 0 Å². The monoisotopic (exact) mass is 308 g/mol. The van der Waals surface area contributed by atoms with Gasteiger partial charge in [-0.15, -0.1) is 0 Å². The summed E-state index contributed by atoms with van der Waals surface area (Å²) in [6.07, 6.45) is 2.49. The van der Waals surface area contributed by atoms with Gasteiger partial charge in [0.2, 0.25) is 0 Å². The molecule has 0 aliphatic heterocycles. The molecule has 102 valence electrons. The molecule has 0 bridgehead atoms. The van der Waals surface area contributed by atoms with Gasteiger partial charge in [-0.1, -0.05) is 29.8 Å². The highest BCUT2D eigenvalue weighted by Crippen LogP contribution is 2.32. The number of pyridine rings is 1. The van der Waals surface area contributed by atoms with Crippen LogP contribution in [-0.2, 0) is 10.0 Å². The van der Waals surface area contributed by atoms with Crippen molar-refractivity contribution in [2.75, 3.05) is 0 Å². The second-order valence-electron chi connectivity index (χ2n) is 4.12. The van der Waals surface area contributed by atoms with Crippen molar-refractivity contribution in [1.82, 2.24) is 8.96 Å². The number of aromatic nitrogens is 2. The average molecular weight is 309 g/mol. The van der Waals surface area contributed by atoms with E-state index >= 15 is 0 Å². The summed E-state index contributed by atoms with van der Waals surface area (Å²) in [5.74, 6) is -0.186. The van der Waals surface area contributed by atoms with Crippen molar-refractivity contribution in [2.45, 2.75) is 4.90 Å². The van der Waals surface area contributed by atoms with Crippen molar-refractivity contribution in [3.63, 3.8) is 0 Å². The van der Waals surface area contributed by atoms with E-state index in [1.165, 1.54) is 24.4 Å². The molecule has 2 heterocycles. The van der Waals surface area contributed by atoms with E-state index in [0.29, 0.717) is 5.39 Å². The molecule has 0 atom stereocenters. The lowest BCUT2D eigenvalue weighted by Gasteiger charge is -2.07. The van der Waals surface area contributed by atoms with Gasteiger partial charge >= 0.3 is 0 Å². The van der Waals surface area contributed by atoms with Crippen LogP contribution in [-0.4, -0.2) is 22.5 Å². The molecule has 0 spiro atoms. The van der Waals surface area contributed by atoms with Crippen LogP contribution in [0.25, 0.3) is 11.0 Å². The first-order valence-corrected chi connectivity index (χ1v) is 7.49. The highest BCUT2D eigenvalue weighted by atomic mass is 35.5. The molecular formula is C13H9ClN2O3S. The first-order chi connectivity index (χ1) is 9.51. The molecule has 7 heteroatoms. The molecule has 1 N–H and O–H groups in total. The van der Waals surface area contributed by atoms with Gasteiger partial charge < -0.3 is 5.11 Å². The Morgan fingerprint density at radius 3 is 2.55 bits per heavy atom. The van der Waals surface area contributed by atoms with E-state index < -0.39 is 10.0 Å². The Kier molecular flexibility index (Phi) is 2.92. The van der Waals surface area contributed by atoms with Crippen LogP contribution in [0.2, 0.25) is 5.02 Å². The van der Waals surface area contributed by atoms with E-state index in [4.69, 9.17) is 11.6 Å². The van der Waals surface area contributed by atoms with Gasteiger partial charge in [-0.25, -0.2) is 17.4 Å². The van der Waals surface area contributed by atoms with Gasteiger partial charge in [0, 0.05) is 11.6 Å². The maximum Gasteiger partial charge on any atom is 0.269 e. The van der Waals surface area contributed by atoms with E-state index in [-0.39, 0.29) is 21.3 Å². The normalized spacial score (nSPS) is 11.8. The number of aromatic hydroxyl groups is 1. The standard InChI is InChI=1S/C13H9ClN2O3S/c14-12-10-6-7-16(13(10)15-8-11(12)17)20(18,19)9-4-2-1-3-5-9/h1-8,17H. The van der Waals surface area contributed by atoms with E-state index in [0.717, 1.165) is 10.2 Å². The van der Waals surface area contributed by atoms with Crippen LogP contribution in [0, 0.1) is 0 Å². The molecule has 2 aromatic heterocycles. The van der Waals surface area contributed by atoms with Crippen LogP contribution in [0.1, 0.15) is 0 Å². The predicted molar refractivity (Wildman–Crippen MR) is 75.4 cm³/mol. The lowest BCUT2D eigenvalue weighted by molar-refractivity contribution is 0.474. The Balaban J connectivity index is 2.29. The van der Waals surface area contributed by atoms with Crippen LogP contribution in [0.3, 0.4) is 0 Å². The van der Waals surface area contributed by atoms with Crippen LogP contribution in [0.15, 0.2) is 53.7 Å². The Labute approximate surface area is 120 Å². The van der Waals surface area contributed by atoms with Crippen molar-refractivity contribution in [3.8, 4) is 5.75 Å². The van der Waals surface area contributed by atoms with E-state index in [1.807, 2.05) is 0 Å². The first kappa shape index (κ1) is 13.0. The van der Waals surface area contributed by atoms with E-state index in [1.54, 1.807) is 18.2 Å². The Morgan fingerprint density at radius 1 is 1.15 bits per heavy atom. The zero-order valence-corrected chi connectivity index (χ0v) is 11.6. The minimum atomic E-state index is -3.74. The van der Waals surface area contributed by atoms with Gasteiger partial charge in [-0.05, 0) is 18.2 Å². The SMILES string of the molecule is O=S(=O)(c1ccccc1)n1ccc2c(Cl)c(O)cnc21. The quantitative estimate of drug-likeness (QED) is 0.790. The molecule has 20 heavy (non-hydrogen) atoms. The molecule has 1 aromatic carbocycles. The fourth-order valence-electron chi connectivity index (χ4n) is 1.92. The minimum absolute atomic E-state index is 0.0806. The molecule has 3 aromatic rings. The maximum absolute atomic E-state index is 12.5. The van der Waals surface area contributed by atoms with Crippen LogP contribution >= 0.6 is 11.6 Å². The van der Waals surface area contributed by atoms with Gasteiger partial charge in [-0.3, -0.25) is 0 Å². The number of rotatable bonds is 2. The topological polar surface area (TPSA) is 72.2 Å². The Hall–Kier alpha value is -2.05. The summed E-state index contributed by atoms with van der Waals surface area (Å²) in [7, 11) is -3.74. The number of halogens is 1. The van der Waals surface area contributed by atoms with Crippen molar-refractivity contribution in [1.29, 1.82) is 0 Å². The average Bonchev–Trinajstić information content (AvgIpc) is 2.89. The Morgan fingerprint density at radius 2 is 1.85 bits per heavy atom. The third-order valence-corrected chi connectivity index (χ3v) is 4.97. The maximum atomic E-state index is 12.5. The number of fused-ring (bicyclic) bond motifs is 1. The number of benzene rings is 1. The van der Waals surface area contributed by atoms with Gasteiger partial charge in [0.05, 0.1) is 16.1 Å². The highest BCUT2D eigenvalue weighted by molar-refractivity contribution is 7.90. The molecule has 0 aliphatic rings. The third-order valence-electron chi connectivity index (χ3n) is 2.90. The van der Waals surface area contributed by atoms with Crippen LogP contribution in [0.5, 0.6) is 5.75 Å². The molecule has 0 aliphatic carbocycles. The number of hydrogen-bond donors (Lipinski definition) is 1. The zero-order chi connectivity index (χ0) is 14.3. The summed E-state index contributed by atoms with van der Waals surface area (Å²) in [6.45, 7) is 0. The summed E-state index contributed by atoms with van der Waals surface area (Å²) in [6, 6.07) is 9.53. The van der Waals surface area contributed by atoms with Crippen molar-refractivity contribution >= 4 is 32.7 Å². The van der Waals surface area contributed by atoms with E-state index in [2.05, 4.69) is 4.98 Å². The van der Waals surface area contributed by atoms with Gasteiger partial charge in [-0.2, -0.15) is 0 Å². The fourth-order valence-corrected chi connectivity index (χ4v) is 3.44. The van der Waals surface area contributed by atoms with Crippen molar-refractivity contribution in [3.05, 3.63) is 53.8 Å². The zero-order valence-electron chi connectivity index (χ0n) is 10.1. The first-order valence-electron chi connectivity index (χ1n) is 5.67. The number of nitrogens with zero attached hydrogens (tertiary/aromatic N) is 2. The summed E-state index contributed by atoms with van der Waals surface area (Å²) < 4.78 is 26.1. The summed E-state index contributed by atoms with van der Waals surface area (Å²) in [5.41, 5.74) is 0.177. The molecule has 0 fully saturated rings. The molecular weight excluding hydrogens is 300 g/mol. The minimum Gasteiger partial charge on any atom is -0.505 e. The number of hydrogen-bond acceptors (Lipinski definition) is 4. The fraction of sp³-hybridized carbons (Fsp3) is 0. The Bertz CT molecular complexity index is 889. The molecule has 5 nitrogen and oxygen atoms in total. The molecule has 0 unspecified atom stereocenters. The lowest BCUT2D eigenvalue weighted by atomic mass is 10.3. The molecule has 0 amide bonds. The second-order valence-corrected chi connectivity index (χ2v) is 6.32. The van der Waals surface area contributed by atoms with E-state index in [9.17, 15) is 13.5 Å². The van der Waals surface area contributed by atoms with Crippen molar-refractivity contribution in [2.24, 2.45) is 0 Å². The molecule has 0 radical (unpaired) electrons. The molecule has 0 saturated carbocycles.